The van der Waals surface area contributed by atoms with Gasteiger partial charge in [-0.1, -0.05) is 35.8 Å². The minimum Gasteiger partial charge on any atom is -0.427 e. The molecule has 0 saturated carbocycles. The smallest absolute Gasteiger partial charge is 0.0184 e. The van der Waals surface area contributed by atoms with Gasteiger partial charge >= 0.3 is 0 Å². The molecule has 48 valence electrons. The first kappa shape index (κ1) is 6.29. The molecule has 0 aromatic heterocycles. The Bertz CT molecular complexity index is 213. The van der Waals surface area contributed by atoms with Gasteiger partial charge in [-0.05, 0) is 11.1 Å². The Morgan fingerprint density at radius 3 is 1.11 bits per heavy atom. The van der Waals surface area contributed by atoms with E-state index in [0.29, 0.717) is 0 Å². The normalized spacial score (nSPS) is 9.33. The second kappa shape index (κ2) is 2.64. The van der Waals surface area contributed by atoms with Crippen molar-refractivity contribution in [2.45, 2.75) is 0 Å². The summed E-state index contributed by atoms with van der Waals surface area (Å²) in [5, 5.41) is 0. The molecule has 0 saturated heterocycles. The highest BCUT2D eigenvalue weighted by molar-refractivity contribution is 7.51. The lowest BCUT2D eigenvalue weighted by Crippen LogP contribution is -1.85. The van der Waals surface area contributed by atoms with Gasteiger partial charge in [-0.25, -0.2) is 0 Å². The zero-order chi connectivity index (χ0) is 6.69. The Balaban J connectivity index is 0.000000120. The standard InChI is InChI=1S/C6H4.HO2S/c1-2-6-4-3-5(1)6;1-3-2/h1-4H;3H/q;-1. The molecule has 0 radical (unpaired) electrons. The molecule has 0 N–H and O–H groups in total. The molecule has 2 nitrogen and oxygen atoms in total. The number of hydrogen-bond acceptors (Lipinski definition) is 3. The van der Waals surface area contributed by atoms with Crippen LogP contribution in [-0.4, -0.2) is 0 Å². The van der Waals surface area contributed by atoms with Crippen LogP contribution in [0.4, 0.5) is 0 Å². The second-order valence-corrected chi connectivity index (χ2v) is 1.80. The van der Waals surface area contributed by atoms with Crippen molar-refractivity contribution in [2.75, 3.05) is 0 Å². The molecule has 0 amide bonds. The third-order valence-corrected chi connectivity index (χ3v) is 1.22. The zero-order valence-corrected chi connectivity index (χ0v) is 5.47. The van der Waals surface area contributed by atoms with Crippen molar-refractivity contribution in [3.8, 4) is 11.1 Å². The van der Waals surface area contributed by atoms with Gasteiger partial charge in [0.1, 0.15) is 0 Å². The first-order valence-electron chi connectivity index (χ1n) is 2.44. The SMILES string of the molecule is O=[SH-]=O.c1cc2ccc1-2. The van der Waals surface area contributed by atoms with Crippen LogP contribution in [-0.2, 0) is 20.0 Å². The third-order valence-electron chi connectivity index (χ3n) is 1.22. The van der Waals surface area contributed by atoms with E-state index in [2.05, 4.69) is 24.3 Å². The second-order valence-electron chi connectivity index (χ2n) is 1.65. The molecule has 0 spiro atoms. The van der Waals surface area contributed by atoms with Gasteiger partial charge in [-0.2, -0.15) is 0 Å². The van der Waals surface area contributed by atoms with E-state index < -0.39 is 11.6 Å². The van der Waals surface area contributed by atoms with Crippen molar-refractivity contribution in [1.82, 2.24) is 0 Å². The maximum absolute atomic E-state index is 8.35. The summed E-state index contributed by atoms with van der Waals surface area (Å²) >= 11 is -1.08. The van der Waals surface area contributed by atoms with Crippen molar-refractivity contribution in [1.29, 1.82) is 0 Å². The number of benzene rings is 1. The van der Waals surface area contributed by atoms with Crippen LogP contribution in [0.25, 0.3) is 11.1 Å². The molecule has 0 atom stereocenters. The summed E-state index contributed by atoms with van der Waals surface area (Å²) in [6.07, 6.45) is 0. The Kier molecular flexibility index (Phi) is 1.85. The average molecular weight is 141 g/mol. The largest absolute Gasteiger partial charge is 0.427 e. The molecule has 2 aliphatic rings. The van der Waals surface area contributed by atoms with E-state index in [1.165, 1.54) is 11.1 Å². The summed E-state index contributed by atoms with van der Waals surface area (Å²) in [7, 11) is 0. The molecule has 0 aromatic carbocycles. The molecule has 0 aromatic rings. The molecule has 0 bridgehead atoms. The fourth-order valence-electron chi connectivity index (χ4n) is 0.663. The molecule has 0 fully saturated rings. The minimum absolute atomic E-state index is 1.08. The number of thiol groups is 1. The summed E-state index contributed by atoms with van der Waals surface area (Å²) < 4.78 is 16.7. The molecular weight excluding hydrogens is 136 g/mol. The highest BCUT2D eigenvalue weighted by Crippen LogP contribution is 2.29. The van der Waals surface area contributed by atoms with Gasteiger partial charge in [0.05, 0.1) is 0 Å². The molecule has 2 aliphatic carbocycles. The summed E-state index contributed by atoms with van der Waals surface area (Å²) in [4.78, 5) is 0. The lowest BCUT2D eigenvalue weighted by atomic mass is 9.95. The van der Waals surface area contributed by atoms with Crippen molar-refractivity contribution >= 4 is 11.6 Å². The van der Waals surface area contributed by atoms with Crippen LogP contribution in [0.2, 0.25) is 0 Å². The summed E-state index contributed by atoms with van der Waals surface area (Å²) in [5.74, 6) is 0. The average Bonchev–Trinajstić information content (AvgIpc) is 1.81. The van der Waals surface area contributed by atoms with Crippen molar-refractivity contribution in [3.05, 3.63) is 24.3 Å². The molecular formula is C6H5O2S-. The maximum Gasteiger partial charge on any atom is -0.0184 e. The predicted octanol–water partition coefficient (Wildman–Crippen LogP) is 1.16. The predicted molar refractivity (Wildman–Crippen MR) is 35.6 cm³/mol. The Labute approximate surface area is 56.1 Å². The number of hydrogen-bond donors (Lipinski definition) is 0. The lowest BCUT2D eigenvalue weighted by molar-refractivity contribution is 0.541. The van der Waals surface area contributed by atoms with E-state index in [1.54, 1.807) is 0 Å². The highest BCUT2D eigenvalue weighted by atomic mass is 32.1. The van der Waals surface area contributed by atoms with Crippen LogP contribution < -0.4 is 0 Å². The van der Waals surface area contributed by atoms with Gasteiger partial charge in [0.25, 0.3) is 0 Å². The monoisotopic (exact) mass is 141 g/mol. The quantitative estimate of drug-likeness (QED) is 0.407. The van der Waals surface area contributed by atoms with E-state index in [0.717, 1.165) is 0 Å². The van der Waals surface area contributed by atoms with Gasteiger partial charge in [0, 0.05) is 0 Å². The van der Waals surface area contributed by atoms with E-state index in [-0.39, 0.29) is 0 Å². The number of fused-ring (bicyclic) bond motifs is 1. The molecule has 9 heavy (non-hydrogen) atoms. The van der Waals surface area contributed by atoms with Crippen LogP contribution in [0.15, 0.2) is 24.3 Å². The molecule has 0 heterocycles. The van der Waals surface area contributed by atoms with Gasteiger partial charge in [-0.15, -0.1) is 0 Å². The zero-order valence-electron chi connectivity index (χ0n) is 4.57. The van der Waals surface area contributed by atoms with Gasteiger partial charge in [-0.3, -0.25) is 0 Å². The highest BCUT2D eigenvalue weighted by Gasteiger charge is 2.03. The van der Waals surface area contributed by atoms with Crippen LogP contribution in [0.1, 0.15) is 0 Å². The summed E-state index contributed by atoms with van der Waals surface area (Å²) in [5.41, 5.74) is 2.85. The maximum atomic E-state index is 8.35. The van der Waals surface area contributed by atoms with Gasteiger partial charge in [0.2, 0.25) is 0 Å². The van der Waals surface area contributed by atoms with E-state index >= 15 is 0 Å². The fraction of sp³-hybridized carbons (Fsp3) is 0. The van der Waals surface area contributed by atoms with E-state index in [9.17, 15) is 0 Å². The van der Waals surface area contributed by atoms with Crippen molar-refractivity contribution < 1.29 is 8.42 Å². The third kappa shape index (κ3) is 1.10. The molecule has 3 heteroatoms. The topological polar surface area (TPSA) is 34.1 Å². The van der Waals surface area contributed by atoms with Crippen LogP contribution in [0, 0.1) is 0 Å². The first-order chi connectivity index (χ1) is 4.38. The Morgan fingerprint density at radius 2 is 1.11 bits per heavy atom. The summed E-state index contributed by atoms with van der Waals surface area (Å²) in [6, 6.07) is 8.48. The fourth-order valence-corrected chi connectivity index (χ4v) is 0.663. The minimum atomic E-state index is -1.08. The van der Waals surface area contributed by atoms with Gasteiger partial charge in [0.15, 0.2) is 0 Å². The van der Waals surface area contributed by atoms with Crippen molar-refractivity contribution in [3.63, 3.8) is 0 Å². The van der Waals surface area contributed by atoms with E-state index in [1.807, 2.05) is 0 Å². The Hall–Kier alpha value is -0.830. The van der Waals surface area contributed by atoms with Crippen LogP contribution >= 0.6 is 0 Å². The van der Waals surface area contributed by atoms with Crippen LogP contribution in [0.3, 0.4) is 0 Å². The number of rotatable bonds is 0. The van der Waals surface area contributed by atoms with Gasteiger partial charge < -0.3 is 8.42 Å². The molecule has 2 rings (SSSR count). The van der Waals surface area contributed by atoms with Crippen LogP contribution in [0.5, 0.6) is 0 Å². The Morgan fingerprint density at radius 1 is 0.889 bits per heavy atom. The van der Waals surface area contributed by atoms with Crippen molar-refractivity contribution in [2.24, 2.45) is 0 Å². The molecule has 0 unspecified atom stereocenters. The lowest BCUT2D eigenvalue weighted by Gasteiger charge is -2.10. The van der Waals surface area contributed by atoms with E-state index in [4.69, 9.17) is 8.42 Å². The summed E-state index contributed by atoms with van der Waals surface area (Å²) in [6.45, 7) is 0. The first-order valence-corrected chi connectivity index (χ1v) is 3.17. The molecule has 0 aliphatic heterocycles.